The molecule has 0 amide bonds. The van der Waals surface area contributed by atoms with Crippen molar-refractivity contribution in [1.29, 1.82) is 0 Å². The van der Waals surface area contributed by atoms with Crippen LogP contribution in [0.1, 0.15) is 50.4 Å². The average molecular weight is 349 g/mol. The monoisotopic (exact) mass is 349 g/mol. The van der Waals surface area contributed by atoms with Gasteiger partial charge in [-0.05, 0) is 35.2 Å². The summed E-state index contributed by atoms with van der Waals surface area (Å²) >= 11 is 0. The van der Waals surface area contributed by atoms with Crippen LogP contribution in [0.15, 0.2) is 48.5 Å². The molecule has 0 saturated carbocycles. The molecule has 0 bridgehead atoms. The van der Waals surface area contributed by atoms with Crippen molar-refractivity contribution in [3.8, 4) is 5.75 Å². The van der Waals surface area contributed by atoms with Crippen LogP contribution in [0, 0.1) is 5.92 Å². The minimum absolute atomic E-state index is 0.000144. The molecule has 3 aromatic rings. The van der Waals surface area contributed by atoms with Crippen LogP contribution in [0.25, 0.3) is 10.9 Å². The molecule has 0 aliphatic heterocycles. The summed E-state index contributed by atoms with van der Waals surface area (Å²) in [4.78, 5) is 12.5. The van der Waals surface area contributed by atoms with Crippen LogP contribution in [0.2, 0.25) is 0 Å². The second-order valence-electron chi connectivity index (χ2n) is 7.59. The number of aromatic hydroxyl groups is 1. The van der Waals surface area contributed by atoms with E-state index in [-0.39, 0.29) is 23.4 Å². The summed E-state index contributed by atoms with van der Waals surface area (Å²) < 4.78 is 2.30. The molecule has 0 fully saturated rings. The van der Waals surface area contributed by atoms with Gasteiger partial charge in [-0.1, -0.05) is 58.0 Å². The molecule has 0 radical (unpaired) electrons. The van der Waals surface area contributed by atoms with Crippen molar-refractivity contribution in [2.75, 3.05) is 0 Å². The lowest BCUT2D eigenvalue weighted by Gasteiger charge is -2.16. The van der Waals surface area contributed by atoms with Crippen molar-refractivity contribution in [2.45, 2.75) is 46.6 Å². The van der Waals surface area contributed by atoms with Gasteiger partial charge in [-0.25, -0.2) is 0 Å². The summed E-state index contributed by atoms with van der Waals surface area (Å²) in [5.41, 5.74) is 4.53. The maximum atomic E-state index is 12.5. The van der Waals surface area contributed by atoms with Gasteiger partial charge in [-0.2, -0.15) is 0 Å². The molecule has 3 rings (SSSR count). The number of rotatable bonds is 6. The molecule has 26 heavy (non-hydrogen) atoms. The SMILES string of the molecule is CC(C)C(=O)Cc1c(C(C)C)n(Cc2ccccc2)c2ccc(O)cc12. The first-order valence-corrected chi connectivity index (χ1v) is 9.29. The van der Waals surface area contributed by atoms with Crippen LogP contribution in [-0.4, -0.2) is 15.5 Å². The molecule has 1 N–H and O–H groups in total. The van der Waals surface area contributed by atoms with Crippen LogP contribution in [0.3, 0.4) is 0 Å². The van der Waals surface area contributed by atoms with Gasteiger partial charge in [-0.15, -0.1) is 0 Å². The van der Waals surface area contributed by atoms with Gasteiger partial charge in [0.05, 0.1) is 0 Å². The fourth-order valence-corrected chi connectivity index (χ4v) is 3.59. The first-order chi connectivity index (χ1) is 12.4. The first kappa shape index (κ1) is 18.2. The van der Waals surface area contributed by atoms with Gasteiger partial charge in [0.1, 0.15) is 11.5 Å². The minimum atomic E-state index is -0.000144. The molecule has 0 spiro atoms. The van der Waals surface area contributed by atoms with E-state index in [0.29, 0.717) is 6.42 Å². The molecule has 1 aromatic heterocycles. The van der Waals surface area contributed by atoms with Gasteiger partial charge in [-0.3, -0.25) is 4.79 Å². The Morgan fingerprint density at radius 1 is 1.04 bits per heavy atom. The summed E-state index contributed by atoms with van der Waals surface area (Å²) in [6, 6.07) is 15.8. The average Bonchev–Trinajstić information content (AvgIpc) is 2.88. The minimum Gasteiger partial charge on any atom is -0.508 e. The highest BCUT2D eigenvalue weighted by molar-refractivity contribution is 5.93. The number of carbonyl (C=O) groups excluding carboxylic acids is 1. The lowest BCUT2D eigenvalue weighted by Crippen LogP contribution is -2.13. The standard InChI is InChI=1S/C23H27NO2/c1-15(2)22(26)13-20-19-12-18(25)10-11-21(19)24(23(20)16(3)4)14-17-8-6-5-7-9-17/h5-12,15-16,25H,13-14H2,1-4H3. The third kappa shape index (κ3) is 3.52. The molecule has 0 atom stereocenters. The van der Waals surface area contributed by atoms with Crippen LogP contribution in [0.5, 0.6) is 5.75 Å². The lowest BCUT2D eigenvalue weighted by molar-refractivity contribution is -0.121. The van der Waals surface area contributed by atoms with E-state index in [9.17, 15) is 9.90 Å². The second kappa shape index (κ2) is 7.36. The number of phenols is 1. The zero-order valence-corrected chi connectivity index (χ0v) is 16.0. The molecule has 136 valence electrons. The lowest BCUT2D eigenvalue weighted by atomic mass is 9.95. The zero-order valence-electron chi connectivity index (χ0n) is 16.0. The smallest absolute Gasteiger partial charge is 0.139 e. The van der Waals surface area contributed by atoms with Crippen LogP contribution in [0.4, 0.5) is 0 Å². The maximum absolute atomic E-state index is 12.5. The number of aromatic nitrogens is 1. The van der Waals surface area contributed by atoms with Crippen molar-refractivity contribution in [3.05, 3.63) is 65.4 Å². The Morgan fingerprint density at radius 2 is 1.73 bits per heavy atom. The predicted molar refractivity (Wildman–Crippen MR) is 107 cm³/mol. The van der Waals surface area contributed by atoms with E-state index >= 15 is 0 Å². The Balaban J connectivity index is 2.22. The van der Waals surface area contributed by atoms with E-state index in [0.717, 1.165) is 23.0 Å². The molecule has 3 heteroatoms. The topological polar surface area (TPSA) is 42.2 Å². The van der Waals surface area contributed by atoms with Crippen molar-refractivity contribution in [1.82, 2.24) is 4.57 Å². The van der Waals surface area contributed by atoms with Crippen molar-refractivity contribution >= 4 is 16.7 Å². The van der Waals surface area contributed by atoms with Crippen LogP contribution < -0.4 is 0 Å². The number of nitrogens with zero attached hydrogens (tertiary/aromatic N) is 1. The second-order valence-corrected chi connectivity index (χ2v) is 7.59. The zero-order chi connectivity index (χ0) is 18.8. The van der Waals surface area contributed by atoms with Gasteiger partial charge in [0.25, 0.3) is 0 Å². The third-order valence-electron chi connectivity index (χ3n) is 4.92. The van der Waals surface area contributed by atoms with Crippen LogP contribution >= 0.6 is 0 Å². The summed E-state index contributed by atoms with van der Waals surface area (Å²) in [6.45, 7) is 8.97. The van der Waals surface area contributed by atoms with Gasteiger partial charge >= 0.3 is 0 Å². The molecule has 0 unspecified atom stereocenters. The number of ketones is 1. The Morgan fingerprint density at radius 3 is 2.35 bits per heavy atom. The van der Waals surface area contributed by atoms with Gasteiger partial charge in [0.15, 0.2) is 0 Å². The molecule has 2 aromatic carbocycles. The number of phenolic OH excluding ortho intramolecular Hbond substituents is 1. The Hall–Kier alpha value is -2.55. The normalized spacial score (nSPS) is 11.6. The van der Waals surface area contributed by atoms with Crippen molar-refractivity contribution in [3.63, 3.8) is 0 Å². The predicted octanol–water partition coefficient (Wildman–Crippen LogP) is 5.29. The number of Topliss-reactive ketones (excluding diaryl/α,β-unsaturated/α-hetero) is 1. The van der Waals surface area contributed by atoms with E-state index in [4.69, 9.17) is 0 Å². The highest BCUT2D eigenvalue weighted by Crippen LogP contribution is 2.34. The molecule has 0 aliphatic carbocycles. The highest BCUT2D eigenvalue weighted by atomic mass is 16.3. The number of hydrogen-bond donors (Lipinski definition) is 1. The van der Waals surface area contributed by atoms with Gasteiger partial charge < -0.3 is 9.67 Å². The Bertz CT molecular complexity index is 920. The highest BCUT2D eigenvalue weighted by Gasteiger charge is 2.22. The quantitative estimate of drug-likeness (QED) is 0.657. The van der Waals surface area contributed by atoms with Gasteiger partial charge in [0, 0.05) is 35.5 Å². The van der Waals surface area contributed by atoms with E-state index in [1.165, 1.54) is 11.3 Å². The third-order valence-corrected chi connectivity index (χ3v) is 4.92. The first-order valence-electron chi connectivity index (χ1n) is 9.29. The fourth-order valence-electron chi connectivity index (χ4n) is 3.59. The summed E-state index contributed by atoms with van der Waals surface area (Å²) in [5.74, 6) is 0.750. The molecule has 0 aliphatic rings. The van der Waals surface area contributed by atoms with E-state index < -0.39 is 0 Å². The van der Waals surface area contributed by atoms with Gasteiger partial charge in [0.2, 0.25) is 0 Å². The molecular weight excluding hydrogens is 322 g/mol. The molecule has 0 saturated heterocycles. The van der Waals surface area contributed by atoms with E-state index in [1.54, 1.807) is 12.1 Å². The maximum Gasteiger partial charge on any atom is 0.139 e. The Labute approximate surface area is 155 Å². The number of hydrogen-bond acceptors (Lipinski definition) is 2. The molecule has 3 nitrogen and oxygen atoms in total. The Kier molecular flexibility index (Phi) is 5.17. The van der Waals surface area contributed by atoms with E-state index in [1.807, 2.05) is 38.1 Å². The van der Waals surface area contributed by atoms with Crippen LogP contribution in [-0.2, 0) is 17.8 Å². The number of benzene rings is 2. The fraction of sp³-hybridized carbons (Fsp3) is 0.348. The summed E-state index contributed by atoms with van der Waals surface area (Å²) in [6.07, 6.45) is 0.410. The number of carbonyl (C=O) groups is 1. The van der Waals surface area contributed by atoms with Crippen molar-refractivity contribution in [2.24, 2.45) is 5.92 Å². The summed E-state index contributed by atoms with van der Waals surface area (Å²) in [5, 5.41) is 11.0. The summed E-state index contributed by atoms with van der Waals surface area (Å²) in [7, 11) is 0. The van der Waals surface area contributed by atoms with E-state index in [2.05, 4.69) is 30.5 Å². The molecule has 1 heterocycles. The molecular formula is C23H27NO2. The number of fused-ring (bicyclic) bond motifs is 1. The largest absolute Gasteiger partial charge is 0.508 e. The van der Waals surface area contributed by atoms with Crippen molar-refractivity contribution < 1.29 is 9.90 Å².